The average molecular weight is 265 g/mol. The lowest BCUT2D eigenvalue weighted by atomic mass is 9.93. The number of quaternary nitrogens is 1. The summed E-state index contributed by atoms with van der Waals surface area (Å²) in [6, 6.07) is 0. The van der Waals surface area contributed by atoms with Crippen molar-refractivity contribution < 1.29 is 9.69 Å². The van der Waals surface area contributed by atoms with Crippen molar-refractivity contribution in [3.05, 3.63) is 21.4 Å². The van der Waals surface area contributed by atoms with Crippen LogP contribution in [0.3, 0.4) is 0 Å². The summed E-state index contributed by atoms with van der Waals surface area (Å²) < 4.78 is 0. The molecule has 4 heteroatoms. The van der Waals surface area contributed by atoms with Gasteiger partial charge in [-0.3, -0.25) is 4.79 Å². The van der Waals surface area contributed by atoms with E-state index in [0.717, 1.165) is 37.5 Å². The van der Waals surface area contributed by atoms with Crippen LogP contribution in [0, 0.1) is 0 Å². The van der Waals surface area contributed by atoms with Crippen LogP contribution in [0.2, 0.25) is 0 Å². The SMILES string of the molecule is C[NH+]1CCN(C(=O)c2scc3c2CCCC3)CC1. The maximum Gasteiger partial charge on any atom is 0.264 e. The number of nitrogens with one attached hydrogen (secondary N) is 1. The van der Waals surface area contributed by atoms with Crippen LogP contribution >= 0.6 is 11.3 Å². The van der Waals surface area contributed by atoms with E-state index in [4.69, 9.17) is 0 Å². The second-order valence-electron chi connectivity index (χ2n) is 5.53. The predicted octanol–water partition coefficient (Wildman–Crippen LogP) is 0.597. The molecule has 2 aliphatic rings. The molecule has 0 unspecified atom stereocenters. The van der Waals surface area contributed by atoms with E-state index in [-0.39, 0.29) is 5.91 Å². The summed E-state index contributed by atoms with van der Waals surface area (Å²) in [7, 11) is 2.20. The molecule has 1 amide bonds. The third-order valence-electron chi connectivity index (χ3n) is 4.20. The molecular weight excluding hydrogens is 244 g/mol. The zero-order chi connectivity index (χ0) is 12.5. The Kier molecular flexibility index (Phi) is 3.39. The van der Waals surface area contributed by atoms with E-state index in [1.54, 1.807) is 11.3 Å². The predicted molar refractivity (Wildman–Crippen MR) is 73.5 cm³/mol. The van der Waals surface area contributed by atoms with Crippen molar-refractivity contribution in [1.29, 1.82) is 0 Å². The molecule has 0 aromatic carbocycles. The van der Waals surface area contributed by atoms with E-state index in [0.29, 0.717) is 0 Å². The number of thiophene rings is 1. The number of piperazine rings is 1. The molecule has 1 aromatic heterocycles. The van der Waals surface area contributed by atoms with Crippen molar-refractivity contribution in [2.45, 2.75) is 25.7 Å². The third-order valence-corrected chi connectivity index (χ3v) is 5.26. The highest BCUT2D eigenvalue weighted by molar-refractivity contribution is 7.12. The Morgan fingerprint density at radius 2 is 2.00 bits per heavy atom. The highest BCUT2D eigenvalue weighted by Gasteiger charge is 2.27. The molecule has 1 fully saturated rings. The Bertz CT molecular complexity index is 447. The largest absolute Gasteiger partial charge is 0.334 e. The van der Waals surface area contributed by atoms with Gasteiger partial charge in [0.2, 0.25) is 0 Å². The molecule has 1 saturated heterocycles. The fourth-order valence-corrected chi connectivity index (χ4v) is 4.06. The molecule has 0 bridgehead atoms. The van der Waals surface area contributed by atoms with Gasteiger partial charge in [-0.05, 0) is 42.2 Å². The van der Waals surface area contributed by atoms with Gasteiger partial charge in [0.15, 0.2) is 0 Å². The fraction of sp³-hybridized carbons (Fsp3) is 0.643. The van der Waals surface area contributed by atoms with Crippen LogP contribution in [0.4, 0.5) is 0 Å². The summed E-state index contributed by atoms with van der Waals surface area (Å²) >= 11 is 1.67. The monoisotopic (exact) mass is 265 g/mol. The highest BCUT2D eigenvalue weighted by Crippen LogP contribution is 2.30. The summed E-state index contributed by atoms with van der Waals surface area (Å²) in [6.45, 7) is 3.99. The van der Waals surface area contributed by atoms with Gasteiger partial charge in [0.05, 0.1) is 38.1 Å². The Balaban J connectivity index is 1.78. The van der Waals surface area contributed by atoms with Gasteiger partial charge in [0.1, 0.15) is 0 Å². The number of aryl methyl sites for hydroxylation is 1. The van der Waals surface area contributed by atoms with Crippen LogP contribution in [0.25, 0.3) is 0 Å². The number of rotatable bonds is 1. The van der Waals surface area contributed by atoms with Crippen molar-refractivity contribution >= 4 is 17.2 Å². The Morgan fingerprint density at radius 3 is 2.78 bits per heavy atom. The van der Waals surface area contributed by atoms with Gasteiger partial charge in [0.25, 0.3) is 5.91 Å². The number of fused-ring (bicyclic) bond motifs is 1. The zero-order valence-electron chi connectivity index (χ0n) is 11.0. The van der Waals surface area contributed by atoms with Gasteiger partial charge in [-0.1, -0.05) is 0 Å². The first-order chi connectivity index (χ1) is 8.75. The first kappa shape index (κ1) is 12.2. The Hall–Kier alpha value is -0.870. The molecule has 0 atom stereocenters. The maximum atomic E-state index is 12.6. The van der Waals surface area contributed by atoms with Gasteiger partial charge < -0.3 is 9.80 Å². The fourth-order valence-electron chi connectivity index (χ4n) is 2.93. The van der Waals surface area contributed by atoms with Crippen LogP contribution in [-0.2, 0) is 12.8 Å². The number of likely N-dealkylation sites (N-methyl/N-ethyl adjacent to an activating group) is 1. The minimum Gasteiger partial charge on any atom is -0.334 e. The quantitative estimate of drug-likeness (QED) is 0.790. The number of carbonyl (C=O) groups excluding carboxylic acids is 1. The molecule has 0 saturated carbocycles. The first-order valence-corrected chi connectivity index (χ1v) is 7.83. The molecule has 3 rings (SSSR count). The van der Waals surface area contributed by atoms with E-state index in [1.165, 1.54) is 35.3 Å². The van der Waals surface area contributed by atoms with Gasteiger partial charge in [-0.15, -0.1) is 11.3 Å². The van der Waals surface area contributed by atoms with E-state index in [9.17, 15) is 4.79 Å². The topological polar surface area (TPSA) is 24.8 Å². The van der Waals surface area contributed by atoms with Crippen molar-refractivity contribution in [2.75, 3.05) is 33.2 Å². The molecule has 1 N–H and O–H groups in total. The molecule has 1 aliphatic heterocycles. The zero-order valence-corrected chi connectivity index (χ0v) is 11.8. The molecule has 0 radical (unpaired) electrons. The van der Waals surface area contributed by atoms with Crippen LogP contribution in [0.1, 0.15) is 33.6 Å². The lowest BCUT2D eigenvalue weighted by Crippen LogP contribution is -3.12. The standard InChI is InChI=1S/C14H20N2OS/c1-15-6-8-16(9-7-15)14(17)13-12-5-3-2-4-11(12)10-18-13/h10H,2-9H2,1H3/p+1. The van der Waals surface area contributed by atoms with Crippen molar-refractivity contribution in [1.82, 2.24) is 4.90 Å². The minimum atomic E-state index is 0.288. The van der Waals surface area contributed by atoms with E-state index < -0.39 is 0 Å². The van der Waals surface area contributed by atoms with Gasteiger partial charge >= 0.3 is 0 Å². The second kappa shape index (κ2) is 5.02. The lowest BCUT2D eigenvalue weighted by molar-refractivity contribution is -0.883. The average Bonchev–Trinajstić information content (AvgIpc) is 2.82. The second-order valence-corrected chi connectivity index (χ2v) is 6.40. The molecule has 1 aromatic rings. The minimum absolute atomic E-state index is 0.288. The summed E-state index contributed by atoms with van der Waals surface area (Å²) in [6.07, 6.45) is 4.82. The molecule has 0 spiro atoms. The van der Waals surface area contributed by atoms with Crippen LogP contribution in [0.15, 0.2) is 5.38 Å². The number of hydrogen-bond acceptors (Lipinski definition) is 2. The van der Waals surface area contributed by atoms with Gasteiger partial charge in [-0.2, -0.15) is 0 Å². The smallest absolute Gasteiger partial charge is 0.264 e. The molecular formula is C14H21N2OS+. The summed E-state index contributed by atoms with van der Waals surface area (Å²) in [5.74, 6) is 0.288. The normalized spacial score (nSPS) is 20.8. The van der Waals surface area contributed by atoms with E-state index in [2.05, 4.69) is 12.4 Å². The van der Waals surface area contributed by atoms with Crippen LogP contribution < -0.4 is 4.90 Å². The third kappa shape index (κ3) is 2.19. The van der Waals surface area contributed by atoms with Gasteiger partial charge in [0, 0.05) is 0 Å². The summed E-state index contributed by atoms with van der Waals surface area (Å²) in [5, 5.41) is 2.21. The highest BCUT2D eigenvalue weighted by atomic mass is 32.1. The lowest BCUT2D eigenvalue weighted by Gasteiger charge is -2.30. The number of carbonyl (C=O) groups is 1. The maximum absolute atomic E-state index is 12.6. The van der Waals surface area contributed by atoms with Crippen molar-refractivity contribution in [3.8, 4) is 0 Å². The molecule has 98 valence electrons. The molecule has 3 nitrogen and oxygen atoms in total. The molecule has 18 heavy (non-hydrogen) atoms. The summed E-state index contributed by atoms with van der Waals surface area (Å²) in [5.41, 5.74) is 2.80. The number of nitrogens with zero attached hydrogens (tertiary/aromatic N) is 1. The molecule has 2 heterocycles. The molecule has 1 aliphatic carbocycles. The number of amides is 1. The van der Waals surface area contributed by atoms with Crippen LogP contribution in [-0.4, -0.2) is 44.0 Å². The number of hydrogen-bond donors (Lipinski definition) is 1. The Labute approximate surface area is 112 Å². The summed E-state index contributed by atoms with van der Waals surface area (Å²) in [4.78, 5) is 17.2. The van der Waals surface area contributed by atoms with E-state index >= 15 is 0 Å². The van der Waals surface area contributed by atoms with E-state index in [1.807, 2.05) is 4.90 Å². The van der Waals surface area contributed by atoms with Gasteiger partial charge in [-0.25, -0.2) is 0 Å². The van der Waals surface area contributed by atoms with Crippen LogP contribution in [0.5, 0.6) is 0 Å². The van der Waals surface area contributed by atoms with Crippen molar-refractivity contribution in [3.63, 3.8) is 0 Å². The first-order valence-electron chi connectivity index (χ1n) is 6.95. The Morgan fingerprint density at radius 1 is 1.28 bits per heavy atom. The van der Waals surface area contributed by atoms with Crippen molar-refractivity contribution in [2.24, 2.45) is 0 Å².